The molecule has 0 radical (unpaired) electrons. The van der Waals surface area contributed by atoms with Gasteiger partial charge in [0, 0.05) is 41.7 Å². The zero-order valence-corrected chi connectivity index (χ0v) is 16.2. The Labute approximate surface area is 158 Å². The van der Waals surface area contributed by atoms with Crippen molar-refractivity contribution >= 4 is 29.3 Å². The van der Waals surface area contributed by atoms with E-state index in [2.05, 4.69) is 27.6 Å². The third-order valence-corrected chi connectivity index (χ3v) is 6.13. The molecule has 1 fully saturated rings. The molecule has 3 rings (SSSR count). The summed E-state index contributed by atoms with van der Waals surface area (Å²) in [4.78, 5) is 4.31. The molecule has 1 aliphatic rings. The normalized spacial score (nSPS) is 20.7. The van der Waals surface area contributed by atoms with Gasteiger partial charge < -0.3 is 10.6 Å². The molecule has 2 heterocycles. The van der Waals surface area contributed by atoms with Gasteiger partial charge in [-0.1, -0.05) is 11.6 Å². The second-order valence-electron chi connectivity index (χ2n) is 6.45. The Hall–Kier alpha value is -1.66. The number of aliphatic imine (C=N–C) groups is 1. The minimum Gasteiger partial charge on any atom is -0.355 e. The Morgan fingerprint density at radius 2 is 2.16 bits per heavy atom. The van der Waals surface area contributed by atoms with Crippen LogP contribution < -0.4 is 10.6 Å². The van der Waals surface area contributed by atoms with Crippen LogP contribution in [-0.4, -0.2) is 39.8 Å². The molecule has 0 aliphatic carbocycles. The Kier molecular flexibility index (Phi) is 5.91. The first-order chi connectivity index (χ1) is 12.1. The number of benzene rings is 1. The van der Waals surface area contributed by atoms with E-state index < -0.39 is 0 Å². The van der Waals surface area contributed by atoms with Gasteiger partial charge in [0.2, 0.25) is 0 Å². The first-order valence-electron chi connectivity index (χ1n) is 8.46. The second-order valence-corrected chi connectivity index (χ2v) is 8.57. The average molecular weight is 378 g/mol. The molecule has 0 saturated carbocycles. The predicted molar refractivity (Wildman–Crippen MR) is 107 cm³/mol. The van der Waals surface area contributed by atoms with E-state index in [1.807, 2.05) is 53.1 Å². The van der Waals surface area contributed by atoms with Crippen molar-refractivity contribution in [3.63, 3.8) is 0 Å². The quantitative estimate of drug-likeness (QED) is 0.618. The number of halogens is 1. The Morgan fingerprint density at radius 3 is 2.84 bits per heavy atom. The smallest absolute Gasteiger partial charge is 0.191 e. The maximum Gasteiger partial charge on any atom is 0.191 e. The number of hydrogen-bond donors (Lipinski definition) is 2. The molecule has 2 N–H and O–H groups in total. The van der Waals surface area contributed by atoms with Gasteiger partial charge in [-0.15, -0.1) is 0 Å². The molecule has 1 atom stereocenters. The predicted octanol–water partition coefficient (Wildman–Crippen LogP) is 3.48. The van der Waals surface area contributed by atoms with Crippen LogP contribution in [-0.2, 0) is 6.54 Å². The molecular formula is C18H24ClN5S. The van der Waals surface area contributed by atoms with Gasteiger partial charge in [0.15, 0.2) is 5.96 Å². The van der Waals surface area contributed by atoms with Crippen LogP contribution >= 0.6 is 23.4 Å². The van der Waals surface area contributed by atoms with E-state index in [0.717, 1.165) is 28.8 Å². The van der Waals surface area contributed by atoms with Crippen LogP contribution in [0.1, 0.15) is 25.3 Å². The Morgan fingerprint density at radius 1 is 1.36 bits per heavy atom. The summed E-state index contributed by atoms with van der Waals surface area (Å²) in [7, 11) is 1.80. The highest BCUT2D eigenvalue weighted by Gasteiger charge is 2.29. The molecule has 0 amide bonds. The van der Waals surface area contributed by atoms with Gasteiger partial charge in [-0.2, -0.15) is 16.9 Å². The SMILES string of the molecule is CN=C(NCc1cnn(-c2ccc(Cl)cc2)c1)NCC1(C)CCCS1. The van der Waals surface area contributed by atoms with Crippen LogP contribution in [0.15, 0.2) is 41.7 Å². The zero-order valence-electron chi connectivity index (χ0n) is 14.6. The summed E-state index contributed by atoms with van der Waals surface area (Å²) in [5.41, 5.74) is 2.09. The molecule has 1 aromatic carbocycles. The summed E-state index contributed by atoms with van der Waals surface area (Å²) in [6.07, 6.45) is 6.44. The van der Waals surface area contributed by atoms with Gasteiger partial charge >= 0.3 is 0 Å². The van der Waals surface area contributed by atoms with Crippen LogP contribution in [0.25, 0.3) is 5.69 Å². The fourth-order valence-electron chi connectivity index (χ4n) is 2.84. The van der Waals surface area contributed by atoms with Gasteiger partial charge in [-0.3, -0.25) is 4.99 Å². The maximum atomic E-state index is 5.93. The van der Waals surface area contributed by atoms with Gasteiger partial charge in [0.05, 0.1) is 11.9 Å². The monoisotopic (exact) mass is 377 g/mol. The highest BCUT2D eigenvalue weighted by atomic mass is 35.5. The van der Waals surface area contributed by atoms with E-state index in [4.69, 9.17) is 11.6 Å². The molecule has 7 heteroatoms. The standard InChI is InChI=1S/C18H24ClN5S/c1-18(8-3-9-25-18)13-22-17(20-2)21-10-14-11-23-24(12-14)16-6-4-15(19)5-7-16/h4-7,11-12H,3,8-10,13H2,1-2H3,(H2,20,21,22). The zero-order chi connectivity index (χ0) is 17.7. The van der Waals surface area contributed by atoms with Crippen molar-refractivity contribution in [1.82, 2.24) is 20.4 Å². The van der Waals surface area contributed by atoms with Crippen LogP contribution in [0.2, 0.25) is 5.02 Å². The molecule has 5 nitrogen and oxygen atoms in total. The van der Waals surface area contributed by atoms with Crippen molar-refractivity contribution in [1.29, 1.82) is 0 Å². The van der Waals surface area contributed by atoms with E-state index in [0.29, 0.717) is 11.3 Å². The molecule has 1 aliphatic heterocycles. The van der Waals surface area contributed by atoms with Gasteiger partial charge in [-0.05, 0) is 49.8 Å². The fourth-order valence-corrected chi connectivity index (χ4v) is 4.21. The lowest BCUT2D eigenvalue weighted by molar-refractivity contribution is 0.584. The van der Waals surface area contributed by atoms with Crippen molar-refractivity contribution in [3.05, 3.63) is 47.2 Å². The number of guanidine groups is 1. The second kappa shape index (κ2) is 8.15. The summed E-state index contributed by atoms with van der Waals surface area (Å²) in [6.45, 7) is 3.93. The van der Waals surface area contributed by atoms with Crippen LogP contribution in [0.5, 0.6) is 0 Å². The molecule has 0 spiro atoms. The first kappa shape index (κ1) is 18.1. The largest absolute Gasteiger partial charge is 0.355 e. The minimum absolute atomic E-state index is 0.317. The van der Waals surface area contributed by atoms with Crippen molar-refractivity contribution in [2.75, 3.05) is 19.3 Å². The minimum atomic E-state index is 0.317. The maximum absolute atomic E-state index is 5.93. The van der Waals surface area contributed by atoms with Gasteiger partial charge in [-0.25, -0.2) is 4.68 Å². The number of rotatable bonds is 5. The number of thioether (sulfide) groups is 1. The van der Waals surface area contributed by atoms with Gasteiger partial charge in [0.25, 0.3) is 0 Å². The van der Waals surface area contributed by atoms with E-state index in [9.17, 15) is 0 Å². The molecule has 1 aromatic heterocycles. The Bertz CT molecular complexity index is 719. The molecule has 25 heavy (non-hydrogen) atoms. The molecule has 2 aromatic rings. The summed E-state index contributed by atoms with van der Waals surface area (Å²) >= 11 is 7.98. The van der Waals surface area contributed by atoms with Crippen molar-refractivity contribution < 1.29 is 0 Å². The summed E-state index contributed by atoms with van der Waals surface area (Å²) in [6, 6.07) is 7.63. The summed E-state index contributed by atoms with van der Waals surface area (Å²) in [5.74, 6) is 2.08. The first-order valence-corrected chi connectivity index (χ1v) is 9.82. The summed E-state index contributed by atoms with van der Waals surface area (Å²) < 4.78 is 2.16. The number of hydrogen-bond acceptors (Lipinski definition) is 3. The molecule has 0 bridgehead atoms. The molecule has 1 unspecified atom stereocenters. The summed E-state index contributed by atoms with van der Waals surface area (Å²) in [5, 5.41) is 11.9. The third kappa shape index (κ3) is 4.92. The van der Waals surface area contributed by atoms with E-state index in [-0.39, 0.29) is 0 Å². The topological polar surface area (TPSA) is 54.2 Å². The van der Waals surface area contributed by atoms with Crippen molar-refractivity contribution in [2.24, 2.45) is 4.99 Å². The lowest BCUT2D eigenvalue weighted by atomic mass is 10.1. The number of nitrogens with zero attached hydrogens (tertiary/aromatic N) is 3. The van der Waals surface area contributed by atoms with E-state index in [1.54, 1.807) is 7.05 Å². The van der Waals surface area contributed by atoms with E-state index >= 15 is 0 Å². The molecular weight excluding hydrogens is 354 g/mol. The van der Waals surface area contributed by atoms with Gasteiger partial charge in [0.1, 0.15) is 0 Å². The highest BCUT2D eigenvalue weighted by Crippen LogP contribution is 2.36. The van der Waals surface area contributed by atoms with Crippen LogP contribution in [0.4, 0.5) is 0 Å². The van der Waals surface area contributed by atoms with Crippen molar-refractivity contribution in [3.8, 4) is 5.69 Å². The number of aromatic nitrogens is 2. The van der Waals surface area contributed by atoms with Crippen LogP contribution in [0.3, 0.4) is 0 Å². The third-order valence-electron chi connectivity index (χ3n) is 4.34. The highest BCUT2D eigenvalue weighted by molar-refractivity contribution is 8.00. The van der Waals surface area contributed by atoms with Crippen molar-refractivity contribution in [2.45, 2.75) is 31.1 Å². The molecule has 1 saturated heterocycles. The lowest BCUT2D eigenvalue weighted by Crippen LogP contribution is -2.43. The molecule has 134 valence electrons. The number of nitrogens with one attached hydrogen (secondary N) is 2. The van der Waals surface area contributed by atoms with E-state index in [1.165, 1.54) is 18.6 Å². The fraction of sp³-hybridized carbons (Fsp3) is 0.444. The Balaban J connectivity index is 1.53. The van der Waals surface area contributed by atoms with Crippen LogP contribution in [0, 0.1) is 0 Å². The average Bonchev–Trinajstić information content (AvgIpc) is 3.25. The lowest BCUT2D eigenvalue weighted by Gasteiger charge is -2.24.